The summed E-state index contributed by atoms with van der Waals surface area (Å²) in [5.41, 5.74) is 39.4. The molecule has 0 heterocycles. The second kappa shape index (κ2) is 25.2. The highest BCUT2D eigenvalue weighted by Crippen LogP contribution is 2.61. The largest absolute Gasteiger partial charge is 0.310 e. The standard InChI is InChI=1S/C106H80N2/c1-70-43-57-90-92-61-54-82(68-100(92)105(98(90)63-70,76-29-13-7-14-30-76)77-31-15-8-16-32-77)107(81-53-59-88-86-38-21-24-40-94(86)103(2,3)96(88)66-81)80-51-49-74(50-52-80)73-47-44-71(45-48-73)64-72-46-58-91-93-62-56-84(69-101(93)106(99(91)65-72,78-33-17-9-18-34-78)79-35-19-10-20-36-79)108(102-42-26-23-37-85(102)75-27-11-6-12-28-75)83-55-60-89-87-39-22-25-41-95(87)104(4,5)97(89)67-83/h6-63,65-69H,64H2,1-5H3. The van der Waals surface area contributed by atoms with Crippen molar-refractivity contribution in [2.24, 2.45) is 0 Å². The third-order valence-corrected chi connectivity index (χ3v) is 24.5. The molecule has 0 aromatic heterocycles. The minimum absolute atomic E-state index is 0.180. The van der Waals surface area contributed by atoms with Gasteiger partial charge in [-0.2, -0.15) is 0 Å². The summed E-state index contributed by atoms with van der Waals surface area (Å²) < 4.78 is 0. The fourth-order valence-electron chi connectivity index (χ4n) is 19.4. The van der Waals surface area contributed by atoms with Crippen LogP contribution in [-0.4, -0.2) is 0 Å². The van der Waals surface area contributed by atoms with Crippen molar-refractivity contribution in [3.05, 3.63) is 466 Å². The second-order valence-corrected chi connectivity index (χ2v) is 31.1. The molecule has 0 bridgehead atoms. The van der Waals surface area contributed by atoms with E-state index >= 15 is 0 Å². The monoisotopic (exact) mass is 1380 g/mol. The van der Waals surface area contributed by atoms with Gasteiger partial charge in [0.1, 0.15) is 0 Å². The lowest BCUT2D eigenvalue weighted by molar-refractivity contribution is 0.660. The zero-order valence-corrected chi connectivity index (χ0v) is 61.5. The molecule has 2 nitrogen and oxygen atoms in total. The van der Waals surface area contributed by atoms with E-state index in [-0.39, 0.29) is 10.8 Å². The van der Waals surface area contributed by atoms with Crippen molar-refractivity contribution in [3.8, 4) is 66.8 Å². The Hall–Kier alpha value is -12.9. The van der Waals surface area contributed by atoms with Crippen molar-refractivity contribution in [1.29, 1.82) is 0 Å². The van der Waals surface area contributed by atoms with Gasteiger partial charge >= 0.3 is 0 Å². The van der Waals surface area contributed by atoms with E-state index in [1.807, 2.05) is 0 Å². The molecular weight excluding hydrogens is 1300 g/mol. The van der Waals surface area contributed by atoms with Gasteiger partial charge in [-0.3, -0.25) is 0 Å². The Labute approximate surface area is 634 Å². The van der Waals surface area contributed by atoms with E-state index in [1.165, 1.54) is 150 Å². The molecule has 0 unspecified atom stereocenters. The minimum atomic E-state index is -0.652. The molecule has 16 aromatic rings. The topological polar surface area (TPSA) is 6.48 Å². The van der Waals surface area contributed by atoms with Crippen molar-refractivity contribution in [2.45, 2.75) is 62.7 Å². The van der Waals surface area contributed by atoms with Crippen molar-refractivity contribution in [2.75, 3.05) is 9.80 Å². The number of rotatable bonds is 14. The molecular formula is C106H80N2. The molecule has 20 rings (SSSR count). The van der Waals surface area contributed by atoms with Crippen LogP contribution in [0.15, 0.2) is 382 Å². The van der Waals surface area contributed by atoms with Gasteiger partial charge in [0.05, 0.1) is 16.5 Å². The summed E-state index contributed by atoms with van der Waals surface area (Å²) in [7, 11) is 0. The number of para-hydroxylation sites is 1. The van der Waals surface area contributed by atoms with Crippen LogP contribution in [0.4, 0.5) is 34.1 Å². The molecule has 2 heteroatoms. The van der Waals surface area contributed by atoms with Crippen molar-refractivity contribution in [1.82, 2.24) is 0 Å². The van der Waals surface area contributed by atoms with E-state index in [9.17, 15) is 0 Å². The van der Waals surface area contributed by atoms with Gasteiger partial charge in [-0.1, -0.05) is 349 Å². The van der Waals surface area contributed by atoms with Gasteiger partial charge in [0, 0.05) is 44.8 Å². The molecule has 0 aliphatic heterocycles. The van der Waals surface area contributed by atoms with Crippen LogP contribution in [0.5, 0.6) is 0 Å². The number of nitrogens with zero attached hydrogens (tertiary/aromatic N) is 2. The van der Waals surface area contributed by atoms with Crippen LogP contribution in [0.2, 0.25) is 0 Å². The Bertz CT molecular complexity index is 6110. The van der Waals surface area contributed by atoms with E-state index in [4.69, 9.17) is 0 Å². The summed E-state index contributed by atoms with van der Waals surface area (Å²) in [5.74, 6) is 0. The summed E-state index contributed by atoms with van der Waals surface area (Å²) in [5, 5.41) is 0. The summed E-state index contributed by atoms with van der Waals surface area (Å²) in [4.78, 5) is 5.02. The van der Waals surface area contributed by atoms with E-state index in [0.717, 1.165) is 40.5 Å². The number of aryl methyl sites for hydroxylation is 1. The van der Waals surface area contributed by atoms with Gasteiger partial charge in [-0.15, -0.1) is 0 Å². The SMILES string of the molecule is Cc1ccc2c(c1)C(c1ccccc1)(c1ccccc1)c1cc(N(c3ccc(-c4ccc(Cc5ccc6c(c5)C(c5ccccc5)(c5ccccc5)c5cc(N(c7ccc8c(c7)C(C)(C)c7ccccc7-8)c7ccccc7-c7ccccc7)ccc5-6)cc4)cc3)c3ccc4c(c3)C(C)(C)c3ccccc3-4)ccc1-2. The van der Waals surface area contributed by atoms with Gasteiger partial charge in [-0.25, -0.2) is 0 Å². The molecule has 0 saturated carbocycles. The maximum Gasteiger partial charge on any atom is 0.0714 e. The highest BCUT2D eigenvalue weighted by Gasteiger charge is 2.49. The van der Waals surface area contributed by atoms with Gasteiger partial charge in [0.25, 0.3) is 0 Å². The number of fused-ring (bicyclic) bond motifs is 12. The quantitative estimate of drug-likeness (QED) is 0.107. The average Bonchev–Trinajstić information content (AvgIpc) is 1.53. The first-order valence-electron chi connectivity index (χ1n) is 38.2. The van der Waals surface area contributed by atoms with E-state index in [0.29, 0.717) is 0 Å². The number of anilines is 6. The van der Waals surface area contributed by atoms with Crippen LogP contribution in [-0.2, 0) is 28.1 Å². The van der Waals surface area contributed by atoms with Crippen LogP contribution < -0.4 is 9.80 Å². The highest BCUT2D eigenvalue weighted by molar-refractivity contribution is 5.96. The van der Waals surface area contributed by atoms with Crippen molar-refractivity contribution in [3.63, 3.8) is 0 Å². The Balaban J connectivity index is 0.669. The van der Waals surface area contributed by atoms with Crippen LogP contribution in [0.1, 0.15) is 111 Å². The fourth-order valence-corrected chi connectivity index (χ4v) is 19.4. The highest BCUT2D eigenvalue weighted by atomic mass is 15.2. The van der Waals surface area contributed by atoms with Crippen molar-refractivity contribution >= 4 is 34.1 Å². The number of benzene rings is 16. The summed E-state index contributed by atoms with van der Waals surface area (Å²) >= 11 is 0. The first-order chi connectivity index (χ1) is 53.0. The normalized spacial score (nSPS) is 14.3. The van der Waals surface area contributed by atoms with Crippen LogP contribution in [0, 0.1) is 6.92 Å². The summed E-state index contributed by atoms with van der Waals surface area (Å²) in [6, 6.07) is 145. The first-order valence-corrected chi connectivity index (χ1v) is 38.2. The number of hydrogen-bond acceptors (Lipinski definition) is 2. The molecule has 0 radical (unpaired) electrons. The molecule has 0 amide bonds. The van der Waals surface area contributed by atoms with E-state index in [2.05, 4.69) is 427 Å². The third kappa shape index (κ3) is 9.93. The third-order valence-electron chi connectivity index (χ3n) is 24.5. The predicted octanol–water partition coefficient (Wildman–Crippen LogP) is 27.2. The van der Waals surface area contributed by atoms with Gasteiger partial charge in [0.2, 0.25) is 0 Å². The molecule has 16 aromatic carbocycles. The summed E-state index contributed by atoms with van der Waals surface area (Å²) in [6.07, 6.45) is 0.773. The van der Waals surface area contributed by atoms with E-state index < -0.39 is 10.8 Å². The predicted molar refractivity (Wildman–Crippen MR) is 450 cm³/mol. The Morgan fingerprint density at radius 2 is 0.528 bits per heavy atom. The average molecular weight is 1380 g/mol. The van der Waals surface area contributed by atoms with Crippen LogP contribution in [0.3, 0.4) is 0 Å². The first kappa shape index (κ1) is 64.7. The molecule has 108 heavy (non-hydrogen) atoms. The molecule has 0 N–H and O–H groups in total. The lowest BCUT2D eigenvalue weighted by Gasteiger charge is -2.35. The zero-order chi connectivity index (χ0) is 72.5. The maximum atomic E-state index is 2.53. The van der Waals surface area contributed by atoms with Gasteiger partial charge in [0.15, 0.2) is 0 Å². The molecule has 4 aliphatic carbocycles. The Kier molecular flexibility index (Phi) is 15.1. The Morgan fingerprint density at radius 3 is 0.991 bits per heavy atom. The fraction of sp³-hybridized carbons (Fsp3) is 0.0943. The number of hydrogen-bond donors (Lipinski definition) is 0. The second-order valence-electron chi connectivity index (χ2n) is 31.1. The molecule has 0 saturated heterocycles. The maximum absolute atomic E-state index is 2.53. The molecule has 4 aliphatic rings. The van der Waals surface area contributed by atoms with E-state index in [1.54, 1.807) is 0 Å². The molecule has 0 fully saturated rings. The van der Waals surface area contributed by atoms with Crippen molar-refractivity contribution < 1.29 is 0 Å². The van der Waals surface area contributed by atoms with Gasteiger partial charge < -0.3 is 9.80 Å². The van der Waals surface area contributed by atoms with Crippen LogP contribution in [0.25, 0.3) is 66.8 Å². The van der Waals surface area contributed by atoms with Crippen LogP contribution >= 0.6 is 0 Å². The molecule has 0 atom stereocenters. The lowest BCUT2D eigenvalue weighted by atomic mass is 9.67. The zero-order valence-electron chi connectivity index (χ0n) is 61.5. The summed E-state index contributed by atoms with van der Waals surface area (Å²) in [6.45, 7) is 11.8. The Morgan fingerprint density at radius 1 is 0.213 bits per heavy atom. The smallest absolute Gasteiger partial charge is 0.0714 e. The minimum Gasteiger partial charge on any atom is -0.310 e. The molecule has 0 spiro atoms. The van der Waals surface area contributed by atoms with Gasteiger partial charge in [-0.05, 0) is 219 Å². The lowest BCUT2D eigenvalue weighted by Crippen LogP contribution is -2.29. The molecule has 514 valence electrons.